The molecule has 0 saturated heterocycles. The molecular formula is C8H11N. The van der Waals surface area contributed by atoms with E-state index in [0.717, 1.165) is 11.8 Å². The maximum Gasteiger partial charge on any atom is 0.0227 e. The van der Waals surface area contributed by atoms with Crippen LogP contribution in [0.2, 0.25) is 0 Å². The van der Waals surface area contributed by atoms with E-state index in [-0.39, 0.29) is 0 Å². The standard InChI is InChI=1S/C8H11N/c1-2-7-4-5-9-6-8(7)3-1/h4-8H,1-3H2. The average Bonchev–Trinajstić information content (AvgIpc) is 2.33. The van der Waals surface area contributed by atoms with E-state index in [1.165, 1.54) is 19.3 Å². The van der Waals surface area contributed by atoms with Crippen molar-refractivity contribution in [3.8, 4) is 0 Å². The third-order valence-corrected chi connectivity index (χ3v) is 2.32. The lowest BCUT2D eigenvalue weighted by Gasteiger charge is -2.12. The zero-order valence-electron chi connectivity index (χ0n) is 5.46. The summed E-state index contributed by atoms with van der Waals surface area (Å²) in [5, 5.41) is 0. The van der Waals surface area contributed by atoms with Crippen molar-refractivity contribution in [1.82, 2.24) is 0 Å². The van der Waals surface area contributed by atoms with Gasteiger partial charge in [-0.2, -0.15) is 0 Å². The molecule has 1 aliphatic heterocycles. The summed E-state index contributed by atoms with van der Waals surface area (Å²) in [4.78, 5) is 4.11. The Morgan fingerprint density at radius 2 is 2.11 bits per heavy atom. The van der Waals surface area contributed by atoms with E-state index in [0.29, 0.717) is 0 Å². The number of aliphatic imine (C=N–C) groups is 1. The van der Waals surface area contributed by atoms with E-state index in [9.17, 15) is 0 Å². The molecule has 2 atom stereocenters. The number of rotatable bonds is 0. The molecule has 48 valence electrons. The largest absolute Gasteiger partial charge is 0.269 e. The van der Waals surface area contributed by atoms with Gasteiger partial charge in [0, 0.05) is 18.3 Å². The van der Waals surface area contributed by atoms with Crippen molar-refractivity contribution in [2.24, 2.45) is 16.8 Å². The molecule has 1 heteroatoms. The molecule has 0 bridgehead atoms. The van der Waals surface area contributed by atoms with Crippen LogP contribution in [0.3, 0.4) is 0 Å². The molecule has 1 nitrogen and oxygen atoms in total. The zero-order valence-corrected chi connectivity index (χ0v) is 5.46. The van der Waals surface area contributed by atoms with E-state index >= 15 is 0 Å². The number of nitrogens with zero attached hydrogens (tertiary/aromatic N) is 1. The van der Waals surface area contributed by atoms with Gasteiger partial charge in [-0.15, -0.1) is 0 Å². The highest BCUT2D eigenvalue weighted by Gasteiger charge is 2.24. The van der Waals surface area contributed by atoms with E-state index in [1.807, 2.05) is 6.20 Å². The fourth-order valence-corrected chi connectivity index (χ4v) is 1.76. The highest BCUT2D eigenvalue weighted by Crippen LogP contribution is 2.32. The maximum absolute atomic E-state index is 4.11. The second-order valence-electron chi connectivity index (χ2n) is 2.90. The van der Waals surface area contributed by atoms with Gasteiger partial charge < -0.3 is 0 Å². The van der Waals surface area contributed by atoms with Crippen LogP contribution in [0.5, 0.6) is 0 Å². The van der Waals surface area contributed by atoms with Crippen LogP contribution < -0.4 is 0 Å². The Morgan fingerprint density at radius 1 is 1.22 bits per heavy atom. The van der Waals surface area contributed by atoms with Gasteiger partial charge in [-0.05, 0) is 18.8 Å². The first-order valence-electron chi connectivity index (χ1n) is 3.67. The lowest BCUT2D eigenvalue weighted by atomic mass is 9.96. The number of allylic oxidation sites excluding steroid dienone is 1. The van der Waals surface area contributed by atoms with Crippen molar-refractivity contribution in [2.75, 3.05) is 0 Å². The first-order chi connectivity index (χ1) is 4.47. The van der Waals surface area contributed by atoms with Gasteiger partial charge in [0.15, 0.2) is 0 Å². The summed E-state index contributed by atoms with van der Waals surface area (Å²) in [6.07, 6.45) is 10.4. The van der Waals surface area contributed by atoms with Crippen LogP contribution >= 0.6 is 0 Å². The summed E-state index contributed by atoms with van der Waals surface area (Å²) in [6.45, 7) is 0. The number of fused-ring (bicyclic) bond motifs is 1. The fourth-order valence-electron chi connectivity index (χ4n) is 1.76. The van der Waals surface area contributed by atoms with Crippen LogP contribution in [-0.2, 0) is 0 Å². The Morgan fingerprint density at radius 3 is 3.00 bits per heavy atom. The van der Waals surface area contributed by atoms with Gasteiger partial charge in [-0.3, -0.25) is 4.99 Å². The van der Waals surface area contributed by atoms with Crippen molar-refractivity contribution in [3.05, 3.63) is 12.3 Å². The molecule has 0 aromatic rings. The predicted octanol–water partition coefficient (Wildman–Crippen LogP) is 2.00. The normalized spacial score (nSPS) is 39.1. The lowest BCUT2D eigenvalue weighted by Crippen LogP contribution is -2.08. The molecule has 2 unspecified atom stereocenters. The van der Waals surface area contributed by atoms with Gasteiger partial charge in [0.05, 0.1) is 0 Å². The van der Waals surface area contributed by atoms with Crippen molar-refractivity contribution >= 4 is 6.21 Å². The van der Waals surface area contributed by atoms with Crippen molar-refractivity contribution in [3.63, 3.8) is 0 Å². The summed E-state index contributed by atoms with van der Waals surface area (Å²) in [5.41, 5.74) is 0. The number of hydrogen-bond acceptors (Lipinski definition) is 1. The summed E-state index contributed by atoms with van der Waals surface area (Å²) in [7, 11) is 0. The molecular weight excluding hydrogens is 110 g/mol. The average molecular weight is 121 g/mol. The summed E-state index contributed by atoms with van der Waals surface area (Å²) in [5.74, 6) is 1.62. The minimum Gasteiger partial charge on any atom is -0.269 e. The molecule has 0 aromatic heterocycles. The number of hydrogen-bond donors (Lipinski definition) is 0. The quantitative estimate of drug-likeness (QED) is 0.465. The molecule has 2 rings (SSSR count). The van der Waals surface area contributed by atoms with Gasteiger partial charge in [0.1, 0.15) is 0 Å². The molecule has 0 aromatic carbocycles. The maximum atomic E-state index is 4.11. The van der Waals surface area contributed by atoms with Crippen LogP contribution in [0.25, 0.3) is 0 Å². The van der Waals surface area contributed by atoms with Crippen LogP contribution in [0.4, 0.5) is 0 Å². The molecule has 1 heterocycles. The first-order valence-corrected chi connectivity index (χ1v) is 3.67. The SMILES string of the molecule is C1=CC2CCCC2C=N1. The lowest BCUT2D eigenvalue weighted by molar-refractivity contribution is 0.591. The highest BCUT2D eigenvalue weighted by molar-refractivity contribution is 5.64. The minimum atomic E-state index is 0.787. The molecule has 1 saturated carbocycles. The van der Waals surface area contributed by atoms with E-state index in [1.54, 1.807) is 0 Å². The Kier molecular flexibility index (Phi) is 1.15. The molecule has 0 amide bonds. The first kappa shape index (κ1) is 5.21. The Balaban J connectivity index is 2.18. The third kappa shape index (κ3) is 0.805. The predicted molar refractivity (Wildman–Crippen MR) is 38.5 cm³/mol. The third-order valence-electron chi connectivity index (χ3n) is 2.32. The van der Waals surface area contributed by atoms with Gasteiger partial charge >= 0.3 is 0 Å². The van der Waals surface area contributed by atoms with Crippen LogP contribution in [-0.4, -0.2) is 6.21 Å². The summed E-state index contributed by atoms with van der Waals surface area (Å²) < 4.78 is 0. The molecule has 0 N–H and O–H groups in total. The smallest absolute Gasteiger partial charge is 0.0227 e. The van der Waals surface area contributed by atoms with Gasteiger partial charge in [-0.1, -0.05) is 12.5 Å². The summed E-state index contributed by atoms with van der Waals surface area (Å²) in [6, 6.07) is 0. The van der Waals surface area contributed by atoms with Crippen molar-refractivity contribution in [1.29, 1.82) is 0 Å². The van der Waals surface area contributed by atoms with E-state index in [2.05, 4.69) is 17.3 Å². The molecule has 2 aliphatic rings. The second kappa shape index (κ2) is 1.98. The topological polar surface area (TPSA) is 12.4 Å². The van der Waals surface area contributed by atoms with Crippen LogP contribution in [0.1, 0.15) is 19.3 Å². The van der Waals surface area contributed by atoms with Crippen molar-refractivity contribution < 1.29 is 0 Å². The van der Waals surface area contributed by atoms with Gasteiger partial charge in [0.25, 0.3) is 0 Å². The summed E-state index contributed by atoms with van der Waals surface area (Å²) >= 11 is 0. The minimum absolute atomic E-state index is 0.787. The van der Waals surface area contributed by atoms with Crippen LogP contribution in [0.15, 0.2) is 17.3 Å². The van der Waals surface area contributed by atoms with E-state index < -0.39 is 0 Å². The van der Waals surface area contributed by atoms with Gasteiger partial charge in [0.2, 0.25) is 0 Å². The monoisotopic (exact) mass is 121 g/mol. The Labute approximate surface area is 55.5 Å². The van der Waals surface area contributed by atoms with Crippen LogP contribution in [0, 0.1) is 11.8 Å². The Hall–Kier alpha value is -0.590. The van der Waals surface area contributed by atoms with Crippen molar-refractivity contribution in [2.45, 2.75) is 19.3 Å². The second-order valence-corrected chi connectivity index (χ2v) is 2.90. The molecule has 0 spiro atoms. The fraction of sp³-hybridized carbons (Fsp3) is 0.625. The Bertz CT molecular complexity index is 140. The molecule has 1 fully saturated rings. The molecule has 0 radical (unpaired) electrons. The molecule has 9 heavy (non-hydrogen) atoms. The van der Waals surface area contributed by atoms with Gasteiger partial charge in [-0.25, -0.2) is 0 Å². The van der Waals surface area contributed by atoms with E-state index in [4.69, 9.17) is 0 Å². The molecule has 1 aliphatic carbocycles. The zero-order chi connectivity index (χ0) is 6.10. The highest BCUT2D eigenvalue weighted by atomic mass is 14.7.